The predicted octanol–water partition coefficient (Wildman–Crippen LogP) is 21.9. The van der Waals surface area contributed by atoms with Crippen molar-refractivity contribution in [2.75, 3.05) is 0 Å². The summed E-state index contributed by atoms with van der Waals surface area (Å²) in [5.41, 5.74) is -9.70. The first-order chi connectivity index (χ1) is 48.5. The second-order valence-electron chi connectivity index (χ2n) is 40.0. The van der Waals surface area contributed by atoms with Crippen LogP contribution in [0.3, 0.4) is 0 Å². The summed E-state index contributed by atoms with van der Waals surface area (Å²) in [4.78, 5) is 182. The number of halogens is 10. The molecule has 656 valence electrons. The van der Waals surface area contributed by atoms with E-state index in [1.54, 1.807) is 62.3 Å². The van der Waals surface area contributed by atoms with Crippen LogP contribution in [-0.4, -0.2) is 117 Å². The molecular formula is C86H146F10O16. The van der Waals surface area contributed by atoms with E-state index in [9.17, 15) is 121 Å². The van der Waals surface area contributed by atoms with Crippen LogP contribution in [0.2, 0.25) is 0 Å². The summed E-state index contributed by atoms with van der Waals surface area (Å²) in [7, 11) is 0. The molecule has 0 aromatic heterocycles. The summed E-state index contributed by atoms with van der Waals surface area (Å²) in [5.74, 6) is -6.36. The maximum atomic E-state index is 13.0. The first-order valence-corrected chi connectivity index (χ1v) is 37.9. The average molecular weight is 1630 g/mol. The van der Waals surface area contributed by atoms with Gasteiger partial charge in [-0.1, -0.05) is 242 Å². The SMILES string of the molecule is CC(C)(C)C(=O)CC(=O)C(C)(C)C.CC(C)(C)C(=O)CC(=O)C(C)(C)C.CC(C)(C)C(=O)CC(=O)C(C)(C)C(F)(F)F.CC(C)(C)C(=O)CC(=O)C(C)(C)F.CC(C)(C)C(=O)CC(=O)C(F)(F)F.CC(C)CC(=O)CC(=O)C(C)(C)C.CCC(CC(F)(F)F)C(=O)CC(=O)C(C)(C)C.CCC(CC)C(=O)CC(=O)C(C)(C)C. The monoisotopic (exact) mass is 1630 g/mol. The van der Waals surface area contributed by atoms with E-state index >= 15 is 0 Å². The topological polar surface area (TPSA) is 273 Å². The summed E-state index contributed by atoms with van der Waals surface area (Å²) in [6.45, 7) is 65.8. The normalized spacial score (nSPS) is 13.0. The Labute approximate surface area is 665 Å². The highest BCUT2D eigenvalue weighted by Crippen LogP contribution is 2.40. The van der Waals surface area contributed by atoms with E-state index in [0.717, 1.165) is 26.7 Å². The number of ketones is 16. The fourth-order valence-corrected chi connectivity index (χ4v) is 6.89. The molecule has 0 N–H and O–H groups in total. The van der Waals surface area contributed by atoms with Crippen LogP contribution in [0.1, 0.15) is 353 Å². The zero-order chi connectivity index (χ0) is 92.7. The van der Waals surface area contributed by atoms with E-state index in [-0.39, 0.29) is 113 Å². The van der Waals surface area contributed by atoms with Gasteiger partial charge in [-0.25, -0.2) is 4.39 Å². The molecule has 0 aliphatic carbocycles. The van der Waals surface area contributed by atoms with Gasteiger partial charge in [0.2, 0.25) is 5.78 Å². The molecule has 0 radical (unpaired) electrons. The van der Waals surface area contributed by atoms with Crippen molar-refractivity contribution in [2.45, 2.75) is 378 Å². The molecule has 1 atom stereocenters. The molecule has 0 aliphatic rings. The van der Waals surface area contributed by atoms with Crippen LogP contribution in [-0.2, 0) is 76.7 Å². The molecule has 0 aromatic carbocycles. The highest BCUT2D eigenvalue weighted by molar-refractivity contribution is 6.07. The lowest BCUT2D eigenvalue weighted by atomic mass is 9.80. The van der Waals surface area contributed by atoms with Gasteiger partial charge in [-0.05, 0) is 52.9 Å². The fourth-order valence-electron chi connectivity index (χ4n) is 6.89. The molecule has 0 aromatic rings. The highest BCUT2D eigenvalue weighted by atomic mass is 19.4. The highest BCUT2D eigenvalue weighted by Gasteiger charge is 2.53. The smallest absolute Gasteiger partial charge is 0.299 e. The number of carbonyl (C=O) groups is 16. The summed E-state index contributed by atoms with van der Waals surface area (Å²) >= 11 is 0. The maximum Gasteiger partial charge on any atom is 0.450 e. The Kier molecular flexibility index (Phi) is 52.1. The van der Waals surface area contributed by atoms with Gasteiger partial charge in [-0.15, -0.1) is 0 Å². The molecule has 1 unspecified atom stereocenters. The number of rotatable bonds is 26. The number of Topliss-reactive ketones (excluding diaryl/α,β-unsaturated/α-hetero) is 16. The molecule has 0 bridgehead atoms. The van der Waals surface area contributed by atoms with Crippen LogP contribution in [0.25, 0.3) is 0 Å². The summed E-state index contributed by atoms with van der Waals surface area (Å²) in [5, 5.41) is 0. The molecule has 0 spiro atoms. The van der Waals surface area contributed by atoms with Crippen molar-refractivity contribution in [2.24, 2.45) is 77.3 Å². The Bertz CT molecular complexity index is 2810. The van der Waals surface area contributed by atoms with Crippen LogP contribution in [0, 0.1) is 77.3 Å². The average Bonchev–Trinajstić information content (AvgIpc) is 0.806. The number of hydrogen-bond acceptors (Lipinski definition) is 16. The Balaban J connectivity index is -0.000000184. The van der Waals surface area contributed by atoms with Gasteiger partial charge in [0.15, 0.2) is 17.2 Å². The lowest BCUT2D eigenvalue weighted by Gasteiger charge is -2.27. The third-order valence-corrected chi connectivity index (χ3v) is 16.9. The van der Waals surface area contributed by atoms with Gasteiger partial charge in [0.05, 0.1) is 57.8 Å². The third-order valence-electron chi connectivity index (χ3n) is 16.9. The maximum absolute atomic E-state index is 13.0. The van der Waals surface area contributed by atoms with E-state index in [2.05, 4.69) is 0 Å². The van der Waals surface area contributed by atoms with E-state index in [1.165, 1.54) is 41.5 Å². The molecular weight excluding hydrogens is 1480 g/mol. The second-order valence-corrected chi connectivity index (χ2v) is 40.0. The molecule has 0 amide bonds. The molecule has 0 fully saturated rings. The minimum Gasteiger partial charge on any atom is -0.299 e. The van der Waals surface area contributed by atoms with Gasteiger partial charge < -0.3 is 0 Å². The van der Waals surface area contributed by atoms with Crippen molar-refractivity contribution < 1.29 is 121 Å². The van der Waals surface area contributed by atoms with Crippen LogP contribution in [0.4, 0.5) is 43.9 Å². The second kappa shape index (κ2) is 47.9. The van der Waals surface area contributed by atoms with E-state index in [0.29, 0.717) is 12.3 Å². The molecule has 0 rings (SSSR count). The molecule has 112 heavy (non-hydrogen) atoms. The van der Waals surface area contributed by atoms with Crippen LogP contribution >= 0.6 is 0 Å². The van der Waals surface area contributed by atoms with Crippen molar-refractivity contribution in [3.05, 3.63) is 0 Å². The zero-order valence-corrected chi connectivity index (χ0v) is 75.7. The van der Waals surface area contributed by atoms with E-state index in [1.807, 2.05) is 152 Å². The Hall–Kier alpha value is -5.98. The van der Waals surface area contributed by atoms with Crippen molar-refractivity contribution in [1.29, 1.82) is 0 Å². The van der Waals surface area contributed by atoms with E-state index < -0.39 is 139 Å². The number of hydrogen-bond donors (Lipinski definition) is 0. The van der Waals surface area contributed by atoms with Crippen LogP contribution < -0.4 is 0 Å². The van der Waals surface area contributed by atoms with Crippen molar-refractivity contribution in [3.8, 4) is 0 Å². The first-order valence-electron chi connectivity index (χ1n) is 37.9. The largest absolute Gasteiger partial charge is 0.450 e. The van der Waals surface area contributed by atoms with Gasteiger partial charge in [0, 0.05) is 72.4 Å². The van der Waals surface area contributed by atoms with Gasteiger partial charge in [-0.3, -0.25) is 76.7 Å². The molecule has 0 saturated carbocycles. The summed E-state index contributed by atoms with van der Waals surface area (Å²) in [6.07, 6.45) is -14.8. The van der Waals surface area contributed by atoms with Crippen molar-refractivity contribution in [3.63, 3.8) is 0 Å². The number of carbonyl (C=O) groups excluding carboxylic acids is 16. The zero-order valence-electron chi connectivity index (χ0n) is 75.7. The summed E-state index contributed by atoms with van der Waals surface area (Å²) < 4.78 is 122. The fraction of sp³-hybridized carbons (Fsp3) is 0.814. The van der Waals surface area contributed by atoms with Gasteiger partial charge in [-0.2, -0.15) is 39.5 Å². The standard InChI is InChI=1S/C12H19F3O2.C12H22O2.C11H17F3O2.3C11H20O2.C10H17FO2.C8H11F3O2/c1-5-8(7-12(13,14)15)9(16)6-10(17)11(2,3)4;1-6-9(7-2)10(13)8-11(14)12(3,4)5;1-9(2,3)7(15)6-8(16)10(4,5)11(12,13)14;2*1-10(2,3)8(12)7-9(13)11(4,5)6;1-8(2)6-9(12)7-10(13)11(3,4)5;1-9(2,3)7(12)6-8(13)10(4,5)11;1-7(2,3)5(12)4-6(13)8(9,10)11/h8H,5-7H2,1-4H3;9H,6-8H2,1-5H3;6H2,1-5H3;2*7H2,1-6H3;8H,6-7H2,1-5H3;6H2,1-5H3;4H2,1-3H3. The van der Waals surface area contributed by atoms with Gasteiger partial charge in [0.1, 0.15) is 80.6 Å². The Morgan fingerprint density at radius 3 is 0.607 bits per heavy atom. The molecule has 0 aliphatic heterocycles. The van der Waals surface area contributed by atoms with E-state index in [4.69, 9.17) is 0 Å². The third kappa shape index (κ3) is 59.7. The minimum atomic E-state index is -4.90. The number of alkyl halides is 10. The van der Waals surface area contributed by atoms with Crippen molar-refractivity contribution >= 4 is 92.5 Å². The Morgan fingerprint density at radius 2 is 0.429 bits per heavy atom. The van der Waals surface area contributed by atoms with Crippen LogP contribution in [0.15, 0.2) is 0 Å². The van der Waals surface area contributed by atoms with Gasteiger partial charge >= 0.3 is 18.5 Å². The predicted molar refractivity (Wildman–Crippen MR) is 421 cm³/mol. The molecule has 26 heteroatoms. The molecule has 16 nitrogen and oxygen atoms in total. The first kappa shape index (κ1) is 122. The lowest BCUT2D eigenvalue weighted by Crippen LogP contribution is -2.41. The van der Waals surface area contributed by atoms with Crippen LogP contribution in [0.5, 0.6) is 0 Å². The quantitative estimate of drug-likeness (QED) is 0.0575. The lowest BCUT2D eigenvalue weighted by molar-refractivity contribution is -0.210. The van der Waals surface area contributed by atoms with Gasteiger partial charge in [0.25, 0.3) is 0 Å². The minimum absolute atomic E-state index is 0.0208. The molecule has 0 heterocycles. The van der Waals surface area contributed by atoms with Crippen molar-refractivity contribution in [1.82, 2.24) is 0 Å². The summed E-state index contributed by atoms with van der Waals surface area (Å²) in [6, 6.07) is 0. The Morgan fingerprint density at radius 1 is 0.241 bits per heavy atom. The molecule has 0 saturated heterocycles.